The zero-order valence-electron chi connectivity index (χ0n) is 16.5. The van der Waals surface area contributed by atoms with E-state index in [1.165, 1.54) is 0 Å². The first-order valence-electron chi connectivity index (χ1n) is 9.63. The third kappa shape index (κ3) is 5.42. The third-order valence-corrected chi connectivity index (χ3v) is 4.88. The highest BCUT2D eigenvalue weighted by Crippen LogP contribution is 2.36. The van der Waals surface area contributed by atoms with E-state index in [0.717, 1.165) is 31.2 Å². The first kappa shape index (κ1) is 20.6. The Hall–Kier alpha value is -1.66. The minimum Gasteiger partial charge on any atom is -0.475 e. The molecular formula is C20H32N2O4. The molecule has 0 spiro atoms. The second-order valence-electron chi connectivity index (χ2n) is 6.96. The fourth-order valence-corrected chi connectivity index (χ4v) is 3.31. The van der Waals surface area contributed by atoms with Crippen LogP contribution in [0.25, 0.3) is 0 Å². The normalized spacial score (nSPS) is 22.8. The summed E-state index contributed by atoms with van der Waals surface area (Å²) in [6.07, 6.45) is 5.18. The molecule has 1 aliphatic carbocycles. The molecule has 1 saturated carbocycles. The van der Waals surface area contributed by atoms with E-state index >= 15 is 0 Å². The van der Waals surface area contributed by atoms with Gasteiger partial charge in [-0.15, -0.1) is 0 Å². The van der Waals surface area contributed by atoms with Crippen LogP contribution < -0.4 is 10.1 Å². The van der Waals surface area contributed by atoms with Crippen LogP contribution in [0.15, 0.2) is 12.3 Å². The summed E-state index contributed by atoms with van der Waals surface area (Å²) in [7, 11) is 0. The Balaban J connectivity index is 2.00. The van der Waals surface area contributed by atoms with Crippen molar-refractivity contribution in [1.29, 1.82) is 0 Å². The molecule has 0 bridgehead atoms. The number of amides is 1. The maximum atomic E-state index is 12.9. The summed E-state index contributed by atoms with van der Waals surface area (Å²) in [5.41, 5.74) is 0.825. The number of anilines is 1. The van der Waals surface area contributed by atoms with Crippen LogP contribution in [0.1, 0.15) is 52.0 Å². The number of carbonyl (C=O) groups excluding carboxylic acids is 1. The molecule has 1 fully saturated rings. The van der Waals surface area contributed by atoms with Gasteiger partial charge in [-0.3, -0.25) is 4.79 Å². The molecule has 6 heteroatoms. The topological polar surface area (TPSA) is 69.7 Å². The van der Waals surface area contributed by atoms with E-state index in [1.807, 2.05) is 26.8 Å². The first-order valence-corrected chi connectivity index (χ1v) is 9.63. The average Bonchev–Trinajstić information content (AvgIpc) is 2.62. The zero-order valence-corrected chi connectivity index (χ0v) is 16.5. The van der Waals surface area contributed by atoms with E-state index in [-0.39, 0.29) is 5.91 Å². The lowest BCUT2D eigenvalue weighted by Crippen LogP contribution is -2.48. The van der Waals surface area contributed by atoms with Gasteiger partial charge in [0.2, 0.25) is 5.88 Å². The van der Waals surface area contributed by atoms with Crippen LogP contribution in [-0.4, -0.2) is 42.9 Å². The maximum Gasteiger partial charge on any atom is 0.256 e. The molecule has 2 rings (SSSR count). The number of aromatic nitrogens is 1. The number of rotatable bonds is 9. The van der Waals surface area contributed by atoms with E-state index < -0.39 is 5.60 Å². The van der Waals surface area contributed by atoms with E-state index in [4.69, 9.17) is 14.2 Å². The summed E-state index contributed by atoms with van der Waals surface area (Å²) >= 11 is 0. The van der Waals surface area contributed by atoms with Crippen molar-refractivity contribution < 1.29 is 19.0 Å². The van der Waals surface area contributed by atoms with E-state index in [2.05, 4.69) is 17.2 Å². The van der Waals surface area contributed by atoms with Gasteiger partial charge in [-0.25, -0.2) is 4.98 Å². The lowest BCUT2D eigenvalue weighted by Gasteiger charge is -2.37. The highest BCUT2D eigenvalue weighted by molar-refractivity contribution is 5.97. The number of pyridine rings is 1. The smallest absolute Gasteiger partial charge is 0.256 e. The van der Waals surface area contributed by atoms with Gasteiger partial charge < -0.3 is 19.5 Å². The number of nitrogens with one attached hydrogen (secondary N) is 1. The molecule has 1 aromatic rings. The Morgan fingerprint density at radius 1 is 1.27 bits per heavy atom. The highest BCUT2D eigenvalue weighted by Gasteiger charge is 2.41. The number of carbonyl (C=O) groups is 1. The summed E-state index contributed by atoms with van der Waals surface area (Å²) in [6, 6.07) is 1.88. The second kappa shape index (κ2) is 9.88. The molecule has 0 aromatic carbocycles. The van der Waals surface area contributed by atoms with Crippen molar-refractivity contribution in [2.75, 3.05) is 31.7 Å². The second-order valence-corrected chi connectivity index (χ2v) is 6.96. The van der Waals surface area contributed by atoms with Crippen LogP contribution in [-0.2, 0) is 14.3 Å². The summed E-state index contributed by atoms with van der Waals surface area (Å²) < 4.78 is 16.8. The minimum absolute atomic E-state index is 0.0718. The summed E-state index contributed by atoms with van der Waals surface area (Å²) in [5, 5.41) is 2.99. The zero-order chi connectivity index (χ0) is 19.0. The minimum atomic E-state index is -0.720. The number of ether oxygens (including phenoxy) is 3. The fourth-order valence-electron chi connectivity index (χ4n) is 3.31. The van der Waals surface area contributed by atoms with Gasteiger partial charge in [0.05, 0.1) is 18.5 Å². The van der Waals surface area contributed by atoms with E-state index in [0.29, 0.717) is 43.9 Å². The van der Waals surface area contributed by atoms with Gasteiger partial charge in [0, 0.05) is 18.8 Å². The molecule has 26 heavy (non-hydrogen) atoms. The Bertz CT molecular complexity index is 583. The number of aryl methyl sites for hydroxylation is 1. The van der Waals surface area contributed by atoms with E-state index in [9.17, 15) is 4.79 Å². The van der Waals surface area contributed by atoms with Gasteiger partial charge in [-0.2, -0.15) is 0 Å². The monoisotopic (exact) mass is 364 g/mol. The van der Waals surface area contributed by atoms with Crippen LogP contribution in [0.5, 0.6) is 5.88 Å². The number of hydrogen-bond donors (Lipinski definition) is 1. The molecule has 1 amide bonds. The van der Waals surface area contributed by atoms with Gasteiger partial charge in [0.15, 0.2) is 0 Å². The molecule has 1 aliphatic rings. The standard InChI is InChI=1S/C20H32N2O4/c1-5-24-11-12-25-18-16(4)13-17(14-21-18)22-19(23)20(26-6-2)9-7-15(3)8-10-20/h13-15H,5-12H2,1-4H3,(H,22,23). The van der Waals surface area contributed by atoms with Crippen LogP contribution in [0, 0.1) is 12.8 Å². The molecule has 1 N–H and O–H groups in total. The van der Waals surface area contributed by atoms with Crippen molar-refractivity contribution in [3.8, 4) is 5.88 Å². The lowest BCUT2D eigenvalue weighted by molar-refractivity contribution is -0.146. The van der Waals surface area contributed by atoms with Gasteiger partial charge in [0.1, 0.15) is 12.2 Å². The van der Waals surface area contributed by atoms with Crippen molar-refractivity contribution in [3.05, 3.63) is 17.8 Å². The average molecular weight is 364 g/mol. The molecule has 0 aliphatic heterocycles. The molecule has 0 saturated heterocycles. The number of nitrogens with zero attached hydrogens (tertiary/aromatic N) is 1. The Morgan fingerprint density at radius 2 is 2.00 bits per heavy atom. The summed E-state index contributed by atoms with van der Waals surface area (Å²) in [4.78, 5) is 17.2. The molecule has 0 atom stereocenters. The van der Waals surface area contributed by atoms with Gasteiger partial charge in [-0.1, -0.05) is 6.92 Å². The van der Waals surface area contributed by atoms with Crippen molar-refractivity contribution in [2.24, 2.45) is 5.92 Å². The van der Waals surface area contributed by atoms with E-state index in [1.54, 1.807) is 6.20 Å². The van der Waals surface area contributed by atoms with Crippen LogP contribution in [0.4, 0.5) is 5.69 Å². The van der Waals surface area contributed by atoms with Crippen LogP contribution in [0.2, 0.25) is 0 Å². The quantitative estimate of drug-likeness (QED) is 0.676. The third-order valence-electron chi connectivity index (χ3n) is 4.88. The predicted molar refractivity (Wildman–Crippen MR) is 102 cm³/mol. The number of hydrogen-bond acceptors (Lipinski definition) is 5. The SMILES string of the molecule is CCOCCOc1ncc(NC(=O)C2(OCC)CCC(C)CC2)cc1C. The van der Waals surface area contributed by atoms with Gasteiger partial charge in [-0.05, 0) is 58.4 Å². The van der Waals surface area contributed by atoms with Gasteiger partial charge in [0.25, 0.3) is 5.91 Å². The van der Waals surface area contributed by atoms with Crippen molar-refractivity contribution in [1.82, 2.24) is 4.98 Å². The molecule has 0 unspecified atom stereocenters. The summed E-state index contributed by atoms with van der Waals surface area (Å²) in [5.74, 6) is 1.14. The molecule has 0 radical (unpaired) electrons. The maximum absolute atomic E-state index is 12.9. The van der Waals surface area contributed by atoms with Crippen molar-refractivity contribution >= 4 is 11.6 Å². The summed E-state index contributed by atoms with van der Waals surface area (Å²) in [6.45, 7) is 10.2. The molecule has 1 aromatic heterocycles. The molecular weight excluding hydrogens is 332 g/mol. The van der Waals surface area contributed by atoms with Gasteiger partial charge >= 0.3 is 0 Å². The Labute approximate surface area is 156 Å². The predicted octanol–water partition coefficient (Wildman–Crippen LogP) is 3.73. The van der Waals surface area contributed by atoms with Crippen molar-refractivity contribution in [2.45, 2.75) is 59.0 Å². The lowest BCUT2D eigenvalue weighted by atomic mass is 9.78. The Morgan fingerprint density at radius 3 is 2.62 bits per heavy atom. The van der Waals surface area contributed by atoms with Crippen molar-refractivity contribution in [3.63, 3.8) is 0 Å². The largest absolute Gasteiger partial charge is 0.475 e. The first-order chi connectivity index (χ1) is 12.5. The fraction of sp³-hybridized carbons (Fsp3) is 0.700. The highest BCUT2D eigenvalue weighted by atomic mass is 16.5. The van der Waals surface area contributed by atoms with Crippen LogP contribution in [0.3, 0.4) is 0 Å². The Kier molecular flexibility index (Phi) is 7.85. The van der Waals surface area contributed by atoms with Crippen LogP contribution >= 0.6 is 0 Å². The molecule has 146 valence electrons. The molecule has 6 nitrogen and oxygen atoms in total. The molecule has 1 heterocycles.